The maximum absolute atomic E-state index is 14.1. The molecule has 0 radical (unpaired) electrons. The molecule has 2 atom stereocenters. The summed E-state index contributed by atoms with van der Waals surface area (Å²) in [5.74, 6) is 0.781. The Hall–Kier alpha value is -3.84. The van der Waals surface area contributed by atoms with E-state index >= 15 is 0 Å². The maximum atomic E-state index is 14.1. The van der Waals surface area contributed by atoms with Gasteiger partial charge in [0, 0.05) is 43.4 Å². The molecule has 1 fully saturated rings. The Morgan fingerprint density at radius 2 is 1.69 bits per heavy atom. The van der Waals surface area contributed by atoms with Gasteiger partial charge in [-0.1, -0.05) is 60.1 Å². The fourth-order valence-corrected chi connectivity index (χ4v) is 6.07. The second-order valence-corrected chi connectivity index (χ2v) is 10.9. The van der Waals surface area contributed by atoms with Crippen LogP contribution in [-0.4, -0.2) is 57.3 Å². The number of anilines is 1. The van der Waals surface area contributed by atoms with Gasteiger partial charge in [0.1, 0.15) is 11.9 Å². The third-order valence-electron chi connectivity index (χ3n) is 8.05. The van der Waals surface area contributed by atoms with E-state index in [0.29, 0.717) is 24.7 Å². The number of benzene rings is 3. The third-order valence-corrected chi connectivity index (χ3v) is 8.29. The molecule has 0 unspecified atom stereocenters. The van der Waals surface area contributed by atoms with Crippen LogP contribution < -0.4 is 4.90 Å². The van der Waals surface area contributed by atoms with Crippen molar-refractivity contribution in [1.29, 1.82) is 0 Å². The lowest BCUT2D eigenvalue weighted by Gasteiger charge is -2.40. The topological polar surface area (TPSA) is 61.7 Å². The highest BCUT2D eigenvalue weighted by Gasteiger charge is 2.41. The Bertz CT molecular complexity index is 1530. The first-order valence-corrected chi connectivity index (χ1v) is 13.9. The first kappa shape index (κ1) is 25.4. The largest absolute Gasteiger partial charge is 0.368 e. The number of hydrogen-bond donors (Lipinski definition) is 0. The number of amides is 2. The third kappa shape index (κ3) is 4.76. The van der Waals surface area contributed by atoms with E-state index in [1.54, 1.807) is 0 Å². The molecule has 8 heteroatoms. The van der Waals surface area contributed by atoms with Crippen molar-refractivity contribution >= 4 is 40.1 Å². The van der Waals surface area contributed by atoms with Gasteiger partial charge in [-0.25, -0.2) is 4.98 Å². The molecular weight excluding hydrogens is 510 g/mol. The van der Waals surface area contributed by atoms with Gasteiger partial charge in [0.2, 0.25) is 11.8 Å². The molecule has 39 heavy (non-hydrogen) atoms. The number of aromatic nitrogens is 2. The molecule has 1 saturated heterocycles. The van der Waals surface area contributed by atoms with E-state index in [4.69, 9.17) is 16.6 Å². The Balaban J connectivity index is 1.25. The zero-order valence-electron chi connectivity index (χ0n) is 22.3. The van der Waals surface area contributed by atoms with E-state index in [2.05, 4.69) is 11.8 Å². The summed E-state index contributed by atoms with van der Waals surface area (Å²) in [6.07, 6.45) is 0.111. The van der Waals surface area contributed by atoms with Gasteiger partial charge in [0.15, 0.2) is 0 Å². The standard InChI is InChI=1S/C31H32ClN5O2/c1-21-12-13-24(32)18-27(21)34-14-16-35(17-15-34)29(38)19-28-31(39)36(20-23-8-4-3-5-9-23)22(2)30-33-25-10-6-7-11-26(25)37(28)30/h3-13,18,22,28H,14-17,19-20H2,1-2H3/t22-,28-/m0/s1. The summed E-state index contributed by atoms with van der Waals surface area (Å²) in [5, 5.41) is 0.711. The summed E-state index contributed by atoms with van der Waals surface area (Å²) >= 11 is 6.25. The van der Waals surface area contributed by atoms with Crippen molar-refractivity contribution in [2.24, 2.45) is 0 Å². The number of halogens is 1. The summed E-state index contributed by atoms with van der Waals surface area (Å²) in [6, 6.07) is 22.9. The van der Waals surface area contributed by atoms with Crippen LogP contribution in [0.3, 0.4) is 0 Å². The van der Waals surface area contributed by atoms with Crippen molar-refractivity contribution < 1.29 is 9.59 Å². The monoisotopic (exact) mass is 541 g/mol. The number of piperazine rings is 1. The molecule has 7 nitrogen and oxygen atoms in total. The second-order valence-electron chi connectivity index (χ2n) is 10.5. The predicted molar refractivity (Wildman–Crippen MR) is 154 cm³/mol. The number of fused-ring (bicyclic) bond motifs is 3. The van der Waals surface area contributed by atoms with Crippen LogP contribution in [0, 0.1) is 6.92 Å². The lowest BCUT2D eigenvalue weighted by molar-refractivity contribution is -0.144. The van der Waals surface area contributed by atoms with Crippen molar-refractivity contribution in [1.82, 2.24) is 19.4 Å². The molecule has 0 saturated carbocycles. The van der Waals surface area contributed by atoms with Gasteiger partial charge >= 0.3 is 0 Å². The number of para-hydroxylation sites is 2. The van der Waals surface area contributed by atoms with Crippen molar-refractivity contribution in [3.05, 3.63) is 94.8 Å². The highest BCUT2D eigenvalue weighted by Crippen LogP contribution is 2.37. The van der Waals surface area contributed by atoms with Gasteiger partial charge in [0.25, 0.3) is 0 Å². The van der Waals surface area contributed by atoms with Crippen molar-refractivity contribution in [3.8, 4) is 0 Å². The quantitative estimate of drug-likeness (QED) is 0.340. The van der Waals surface area contributed by atoms with Crippen LogP contribution in [0.25, 0.3) is 11.0 Å². The summed E-state index contributed by atoms with van der Waals surface area (Å²) < 4.78 is 2.01. The molecule has 0 bridgehead atoms. The average molecular weight is 542 g/mol. The van der Waals surface area contributed by atoms with Crippen LogP contribution >= 0.6 is 11.6 Å². The van der Waals surface area contributed by atoms with E-state index in [9.17, 15) is 9.59 Å². The fraction of sp³-hybridized carbons (Fsp3) is 0.323. The van der Waals surface area contributed by atoms with E-state index in [1.165, 1.54) is 5.56 Å². The molecule has 4 aromatic rings. The van der Waals surface area contributed by atoms with Gasteiger partial charge in [-0.15, -0.1) is 0 Å². The van der Waals surface area contributed by atoms with Crippen molar-refractivity contribution in [3.63, 3.8) is 0 Å². The van der Waals surface area contributed by atoms with Gasteiger partial charge < -0.3 is 19.3 Å². The minimum Gasteiger partial charge on any atom is -0.368 e. The predicted octanol–water partition coefficient (Wildman–Crippen LogP) is 5.38. The maximum Gasteiger partial charge on any atom is 0.247 e. The second kappa shape index (κ2) is 10.4. The van der Waals surface area contributed by atoms with Gasteiger partial charge in [0.05, 0.1) is 23.5 Å². The number of carbonyl (C=O) groups excluding carboxylic acids is 2. The summed E-state index contributed by atoms with van der Waals surface area (Å²) in [7, 11) is 0. The molecule has 2 aliphatic rings. The summed E-state index contributed by atoms with van der Waals surface area (Å²) in [4.78, 5) is 38.7. The SMILES string of the molecule is Cc1ccc(Cl)cc1N1CCN(C(=O)C[C@H]2C(=O)N(Cc3ccccc3)[C@@H](C)c3nc4ccccc4n32)CC1. The molecule has 2 amide bonds. The smallest absolute Gasteiger partial charge is 0.247 e. The number of nitrogens with zero attached hydrogens (tertiary/aromatic N) is 5. The molecule has 0 aliphatic carbocycles. The van der Waals surface area contributed by atoms with E-state index in [-0.39, 0.29) is 24.3 Å². The Morgan fingerprint density at radius 1 is 0.974 bits per heavy atom. The molecule has 2 aliphatic heterocycles. The van der Waals surface area contributed by atoms with E-state index in [0.717, 1.165) is 41.2 Å². The highest BCUT2D eigenvalue weighted by atomic mass is 35.5. The molecular formula is C31H32ClN5O2. The van der Waals surface area contributed by atoms with E-state index in [1.807, 2.05) is 94.1 Å². The first-order valence-electron chi connectivity index (χ1n) is 13.5. The van der Waals surface area contributed by atoms with Crippen LogP contribution in [0.15, 0.2) is 72.8 Å². The molecule has 0 N–H and O–H groups in total. The minimum absolute atomic E-state index is 0.00578. The molecule has 3 heterocycles. The van der Waals surface area contributed by atoms with Gasteiger partial charge in [-0.05, 0) is 49.2 Å². The average Bonchev–Trinajstić information content (AvgIpc) is 3.35. The molecule has 200 valence electrons. The van der Waals surface area contributed by atoms with Crippen LogP contribution in [0.1, 0.15) is 42.4 Å². The molecule has 0 spiro atoms. The lowest BCUT2D eigenvalue weighted by atomic mass is 10.0. The normalized spacial score (nSPS) is 19.5. The number of hydrogen-bond acceptors (Lipinski definition) is 4. The first-order chi connectivity index (χ1) is 18.9. The van der Waals surface area contributed by atoms with Gasteiger partial charge in [-0.3, -0.25) is 9.59 Å². The number of rotatable bonds is 5. The summed E-state index contributed by atoms with van der Waals surface area (Å²) in [6.45, 7) is 7.23. The number of imidazole rings is 1. The number of carbonyl (C=O) groups is 2. The number of aryl methyl sites for hydroxylation is 1. The van der Waals surface area contributed by atoms with Crippen LogP contribution in [0.2, 0.25) is 5.02 Å². The minimum atomic E-state index is -0.631. The molecule has 6 rings (SSSR count). The Kier molecular flexibility index (Phi) is 6.77. The van der Waals surface area contributed by atoms with E-state index < -0.39 is 6.04 Å². The van der Waals surface area contributed by atoms with Crippen molar-refractivity contribution in [2.45, 2.75) is 38.9 Å². The highest BCUT2D eigenvalue weighted by molar-refractivity contribution is 6.30. The lowest BCUT2D eigenvalue weighted by Crippen LogP contribution is -2.51. The zero-order valence-corrected chi connectivity index (χ0v) is 23.0. The van der Waals surface area contributed by atoms with Gasteiger partial charge in [-0.2, -0.15) is 0 Å². The molecule has 3 aromatic carbocycles. The summed E-state index contributed by atoms with van der Waals surface area (Å²) in [5.41, 5.74) is 5.07. The fourth-order valence-electron chi connectivity index (χ4n) is 5.91. The Labute approximate surface area is 233 Å². The molecule has 1 aromatic heterocycles. The van der Waals surface area contributed by atoms with Crippen LogP contribution in [0.5, 0.6) is 0 Å². The van der Waals surface area contributed by atoms with Crippen LogP contribution in [0.4, 0.5) is 5.69 Å². The van der Waals surface area contributed by atoms with Crippen molar-refractivity contribution in [2.75, 3.05) is 31.1 Å². The Morgan fingerprint density at radius 3 is 2.46 bits per heavy atom. The van der Waals surface area contributed by atoms with Crippen LogP contribution in [-0.2, 0) is 16.1 Å². The zero-order chi connectivity index (χ0) is 27.1.